The summed E-state index contributed by atoms with van der Waals surface area (Å²) in [4.78, 5) is 38.4. The number of imide groups is 2. The van der Waals surface area contributed by atoms with Gasteiger partial charge in [0.15, 0.2) is 0 Å². The van der Waals surface area contributed by atoms with Gasteiger partial charge in [-0.2, -0.15) is 0 Å². The average molecular weight is 494 g/mol. The number of amides is 4. The number of urea groups is 1. The standard InChI is InChI=1S/C19H15IN2O6/c1-27-11-4-5-14(16(9-11)28-2)22-18(25)12(17(24)21-19(22)26)7-10-3-6-15(23)13(20)8-10/h3-9,23H,1-2H3,(H,21,24,26)/b12-7+. The van der Waals surface area contributed by atoms with Crippen LogP contribution < -0.4 is 19.7 Å². The first kappa shape index (κ1) is 19.7. The fourth-order valence-electron chi connectivity index (χ4n) is 2.63. The number of barbiturate groups is 1. The molecule has 0 atom stereocenters. The summed E-state index contributed by atoms with van der Waals surface area (Å²) in [7, 11) is 2.87. The largest absolute Gasteiger partial charge is 0.507 e. The Balaban J connectivity index is 2.05. The van der Waals surface area contributed by atoms with Gasteiger partial charge in [0, 0.05) is 6.07 Å². The molecule has 1 aliphatic heterocycles. The quantitative estimate of drug-likeness (QED) is 0.385. The third-order valence-corrected chi connectivity index (χ3v) is 4.88. The van der Waals surface area contributed by atoms with Crippen LogP contribution in [0.5, 0.6) is 17.2 Å². The highest BCUT2D eigenvalue weighted by atomic mass is 127. The van der Waals surface area contributed by atoms with E-state index in [0.29, 0.717) is 14.9 Å². The molecule has 1 saturated heterocycles. The summed E-state index contributed by atoms with van der Waals surface area (Å²) < 4.78 is 10.9. The summed E-state index contributed by atoms with van der Waals surface area (Å²) in [5.74, 6) is -0.796. The lowest BCUT2D eigenvalue weighted by Gasteiger charge is -2.27. The van der Waals surface area contributed by atoms with Crippen molar-refractivity contribution in [3.05, 3.63) is 51.1 Å². The molecule has 0 bridgehead atoms. The number of halogens is 1. The van der Waals surface area contributed by atoms with Crippen LogP contribution in [-0.2, 0) is 9.59 Å². The van der Waals surface area contributed by atoms with Gasteiger partial charge in [-0.05, 0) is 58.5 Å². The summed E-state index contributed by atoms with van der Waals surface area (Å²) in [5.41, 5.74) is 0.472. The molecule has 1 aliphatic rings. The summed E-state index contributed by atoms with van der Waals surface area (Å²) in [6, 6.07) is 8.33. The number of carbonyl (C=O) groups excluding carboxylic acids is 3. The molecule has 144 valence electrons. The Bertz CT molecular complexity index is 1020. The maximum absolute atomic E-state index is 13.0. The zero-order valence-electron chi connectivity index (χ0n) is 14.9. The number of phenolic OH excluding ortho intramolecular Hbond substituents is 1. The second-order valence-corrected chi connectivity index (χ2v) is 6.87. The Morgan fingerprint density at radius 3 is 2.46 bits per heavy atom. The van der Waals surface area contributed by atoms with Crippen LogP contribution in [0.3, 0.4) is 0 Å². The molecule has 2 aromatic rings. The number of anilines is 1. The number of nitrogens with one attached hydrogen (secondary N) is 1. The van der Waals surface area contributed by atoms with Crippen LogP contribution in [0.15, 0.2) is 42.0 Å². The predicted octanol–water partition coefficient (Wildman–Crippen LogP) is 2.68. The number of aromatic hydroxyl groups is 1. The number of rotatable bonds is 4. The predicted molar refractivity (Wildman–Crippen MR) is 109 cm³/mol. The molecule has 0 unspecified atom stereocenters. The lowest BCUT2D eigenvalue weighted by Crippen LogP contribution is -2.54. The summed E-state index contributed by atoms with van der Waals surface area (Å²) in [5, 5.41) is 11.8. The topological polar surface area (TPSA) is 105 Å². The molecule has 8 nitrogen and oxygen atoms in total. The van der Waals surface area contributed by atoms with Gasteiger partial charge in [0.2, 0.25) is 0 Å². The molecule has 9 heteroatoms. The van der Waals surface area contributed by atoms with Gasteiger partial charge in [-0.15, -0.1) is 0 Å². The third kappa shape index (κ3) is 3.65. The summed E-state index contributed by atoms with van der Waals surface area (Å²) in [6.45, 7) is 0. The highest BCUT2D eigenvalue weighted by molar-refractivity contribution is 14.1. The van der Waals surface area contributed by atoms with E-state index in [9.17, 15) is 19.5 Å². The van der Waals surface area contributed by atoms with E-state index < -0.39 is 17.8 Å². The molecular weight excluding hydrogens is 479 g/mol. The Labute approximate surface area is 173 Å². The van der Waals surface area contributed by atoms with Crippen molar-refractivity contribution >= 4 is 52.2 Å². The van der Waals surface area contributed by atoms with E-state index in [1.54, 1.807) is 18.2 Å². The van der Waals surface area contributed by atoms with Crippen molar-refractivity contribution in [2.24, 2.45) is 0 Å². The van der Waals surface area contributed by atoms with Crippen LogP contribution in [0.25, 0.3) is 6.08 Å². The maximum atomic E-state index is 13.0. The van der Waals surface area contributed by atoms with E-state index >= 15 is 0 Å². The van der Waals surface area contributed by atoms with Gasteiger partial charge in [0.05, 0.1) is 23.5 Å². The van der Waals surface area contributed by atoms with E-state index in [1.807, 2.05) is 22.6 Å². The molecule has 2 aromatic carbocycles. The zero-order chi connectivity index (χ0) is 20.4. The highest BCUT2D eigenvalue weighted by Gasteiger charge is 2.38. The second-order valence-electron chi connectivity index (χ2n) is 5.71. The van der Waals surface area contributed by atoms with Gasteiger partial charge in [0.25, 0.3) is 11.8 Å². The molecule has 0 aliphatic carbocycles. The lowest BCUT2D eigenvalue weighted by atomic mass is 10.1. The van der Waals surface area contributed by atoms with Gasteiger partial charge >= 0.3 is 6.03 Å². The van der Waals surface area contributed by atoms with E-state index in [2.05, 4.69) is 5.32 Å². The summed E-state index contributed by atoms with van der Waals surface area (Å²) >= 11 is 1.93. The number of hydrogen-bond donors (Lipinski definition) is 2. The molecule has 0 spiro atoms. The Hall–Kier alpha value is -3.08. The van der Waals surface area contributed by atoms with Crippen LogP contribution in [0.4, 0.5) is 10.5 Å². The first-order valence-electron chi connectivity index (χ1n) is 7.97. The molecule has 0 radical (unpaired) electrons. The van der Waals surface area contributed by atoms with Crippen molar-refractivity contribution in [1.29, 1.82) is 0 Å². The molecule has 0 saturated carbocycles. The molecule has 0 aromatic heterocycles. The minimum atomic E-state index is -0.879. The van der Waals surface area contributed by atoms with Crippen molar-refractivity contribution in [3.63, 3.8) is 0 Å². The van der Waals surface area contributed by atoms with Crippen molar-refractivity contribution in [3.8, 4) is 17.2 Å². The third-order valence-electron chi connectivity index (χ3n) is 4.01. The molecule has 28 heavy (non-hydrogen) atoms. The minimum absolute atomic E-state index is 0.0851. The van der Waals surface area contributed by atoms with E-state index in [0.717, 1.165) is 4.90 Å². The van der Waals surface area contributed by atoms with Crippen molar-refractivity contribution in [2.75, 3.05) is 19.1 Å². The zero-order valence-corrected chi connectivity index (χ0v) is 17.0. The molecule has 4 amide bonds. The number of methoxy groups -OCH3 is 2. The first-order chi connectivity index (χ1) is 13.3. The molecule has 3 rings (SSSR count). The van der Waals surface area contributed by atoms with E-state index in [-0.39, 0.29) is 22.8 Å². The molecule has 1 fully saturated rings. The van der Waals surface area contributed by atoms with Crippen molar-refractivity contribution in [2.45, 2.75) is 0 Å². The first-order valence-corrected chi connectivity index (χ1v) is 9.05. The van der Waals surface area contributed by atoms with Crippen LogP contribution in [-0.4, -0.2) is 37.2 Å². The van der Waals surface area contributed by atoms with Gasteiger partial charge in [-0.25, -0.2) is 9.69 Å². The van der Waals surface area contributed by atoms with E-state index in [4.69, 9.17) is 9.47 Å². The van der Waals surface area contributed by atoms with Gasteiger partial charge in [-0.1, -0.05) is 6.07 Å². The molecule has 1 heterocycles. The lowest BCUT2D eigenvalue weighted by molar-refractivity contribution is -0.122. The van der Waals surface area contributed by atoms with Crippen LogP contribution in [0.1, 0.15) is 5.56 Å². The Morgan fingerprint density at radius 2 is 1.82 bits per heavy atom. The number of nitrogens with zero attached hydrogens (tertiary/aromatic N) is 1. The fraction of sp³-hybridized carbons (Fsp3) is 0.105. The maximum Gasteiger partial charge on any atom is 0.336 e. The van der Waals surface area contributed by atoms with E-state index in [1.165, 1.54) is 38.5 Å². The number of benzene rings is 2. The van der Waals surface area contributed by atoms with Gasteiger partial charge < -0.3 is 14.6 Å². The van der Waals surface area contributed by atoms with Gasteiger partial charge in [0.1, 0.15) is 22.8 Å². The van der Waals surface area contributed by atoms with Crippen molar-refractivity contribution in [1.82, 2.24) is 5.32 Å². The number of phenols is 1. The van der Waals surface area contributed by atoms with Gasteiger partial charge in [-0.3, -0.25) is 14.9 Å². The Kier molecular flexibility index (Phi) is 5.54. The molecular formula is C19H15IN2O6. The monoisotopic (exact) mass is 494 g/mol. The summed E-state index contributed by atoms with van der Waals surface area (Å²) in [6.07, 6.45) is 1.36. The smallest absolute Gasteiger partial charge is 0.336 e. The number of ether oxygens (including phenoxy) is 2. The normalized spacial score (nSPS) is 15.6. The number of carbonyl (C=O) groups is 3. The van der Waals surface area contributed by atoms with Crippen LogP contribution >= 0.6 is 22.6 Å². The van der Waals surface area contributed by atoms with Crippen LogP contribution in [0.2, 0.25) is 0 Å². The second kappa shape index (κ2) is 7.89. The minimum Gasteiger partial charge on any atom is -0.507 e. The Morgan fingerprint density at radius 1 is 1.07 bits per heavy atom. The van der Waals surface area contributed by atoms with Crippen LogP contribution in [0, 0.1) is 3.57 Å². The highest BCUT2D eigenvalue weighted by Crippen LogP contribution is 2.34. The van der Waals surface area contributed by atoms with Crippen molar-refractivity contribution < 1.29 is 29.0 Å². The fourth-order valence-corrected chi connectivity index (χ4v) is 3.16. The molecule has 2 N–H and O–H groups in total. The average Bonchev–Trinajstić information content (AvgIpc) is 2.67. The SMILES string of the molecule is COc1ccc(N2C(=O)NC(=O)/C(=C\c3ccc(O)c(I)c3)C2=O)c(OC)c1. The number of hydrogen-bond acceptors (Lipinski definition) is 6.